The second kappa shape index (κ2) is 12.1. The van der Waals surface area contributed by atoms with E-state index >= 15 is 0 Å². The van der Waals surface area contributed by atoms with E-state index in [-0.39, 0.29) is 17.9 Å². The molecule has 0 radical (unpaired) electrons. The largest absolute Gasteiger partial charge is 0.496 e. The number of benzene rings is 2. The molecule has 1 spiro atoms. The zero-order valence-corrected chi connectivity index (χ0v) is 26.5. The number of H-pyrrole nitrogens is 1. The van der Waals surface area contributed by atoms with Crippen LogP contribution in [0.2, 0.25) is 0 Å². The first kappa shape index (κ1) is 30.5. The van der Waals surface area contributed by atoms with Gasteiger partial charge in [0.25, 0.3) is 5.91 Å². The quantitative estimate of drug-likeness (QED) is 0.440. The Morgan fingerprint density at radius 2 is 1.53 bits per heavy atom. The van der Waals surface area contributed by atoms with Gasteiger partial charge in [-0.1, -0.05) is 0 Å². The minimum atomic E-state index is -0.512. The third-order valence-electron chi connectivity index (χ3n) is 9.24. The summed E-state index contributed by atoms with van der Waals surface area (Å²) in [4.78, 5) is 47.3. The highest BCUT2D eigenvalue weighted by Gasteiger charge is 2.49. The highest BCUT2D eigenvalue weighted by molar-refractivity contribution is 6.01. The Balaban J connectivity index is 1.03. The van der Waals surface area contributed by atoms with Crippen molar-refractivity contribution in [1.29, 1.82) is 0 Å². The summed E-state index contributed by atoms with van der Waals surface area (Å²) in [5, 5.41) is 6.86. The minimum Gasteiger partial charge on any atom is -0.496 e. The molecule has 45 heavy (non-hydrogen) atoms. The number of rotatable bonds is 5. The number of carbonyl (C=O) groups is 3. The number of ether oxygens (including phenoxy) is 2. The SMILES string of the molecule is COc1cc(N2CCC3(CCN(C(=O)c4ccc(N5CCN(C(=O)OC(C)(C)C)CC5)cc4)CC3)C2=O)ccc1-c1cn[nH]c1. The van der Waals surface area contributed by atoms with E-state index in [4.69, 9.17) is 9.47 Å². The number of amides is 3. The van der Waals surface area contributed by atoms with E-state index in [9.17, 15) is 14.4 Å². The highest BCUT2D eigenvalue weighted by Crippen LogP contribution is 2.44. The van der Waals surface area contributed by atoms with Gasteiger partial charge in [-0.2, -0.15) is 5.10 Å². The van der Waals surface area contributed by atoms with E-state index < -0.39 is 11.0 Å². The van der Waals surface area contributed by atoms with Gasteiger partial charge in [-0.05, 0) is 76.4 Å². The number of anilines is 2. The number of carbonyl (C=O) groups excluding carboxylic acids is 3. The lowest BCUT2D eigenvalue weighted by molar-refractivity contribution is -0.127. The predicted molar refractivity (Wildman–Crippen MR) is 172 cm³/mol. The van der Waals surface area contributed by atoms with Gasteiger partial charge < -0.3 is 29.1 Å². The average molecular weight is 615 g/mol. The Bertz CT molecular complexity index is 1530. The number of aromatic amines is 1. The molecule has 3 aliphatic heterocycles. The van der Waals surface area contributed by atoms with Crippen LogP contribution in [0.5, 0.6) is 5.75 Å². The topological polar surface area (TPSA) is 111 Å². The molecule has 11 heteroatoms. The van der Waals surface area contributed by atoms with E-state index in [0.29, 0.717) is 70.0 Å². The zero-order valence-electron chi connectivity index (χ0n) is 26.5. The van der Waals surface area contributed by atoms with Crippen molar-refractivity contribution in [2.45, 2.75) is 45.6 Å². The molecule has 0 bridgehead atoms. The predicted octanol–water partition coefficient (Wildman–Crippen LogP) is 4.80. The fraction of sp³-hybridized carbons (Fsp3) is 0.471. The third kappa shape index (κ3) is 6.21. The van der Waals surface area contributed by atoms with Crippen LogP contribution in [-0.2, 0) is 9.53 Å². The van der Waals surface area contributed by atoms with Crippen LogP contribution in [0.25, 0.3) is 11.1 Å². The number of aromatic nitrogens is 2. The minimum absolute atomic E-state index is 0.00646. The monoisotopic (exact) mass is 614 g/mol. The number of nitrogens with zero attached hydrogens (tertiary/aromatic N) is 5. The molecule has 0 saturated carbocycles. The van der Waals surface area contributed by atoms with Gasteiger partial charge in [-0.25, -0.2) is 4.79 Å². The second-order valence-corrected chi connectivity index (χ2v) is 13.2. The van der Waals surface area contributed by atoms with Crippen LogP contribution in [-0.4, -0.2) is 96.4 Å². The molecule has 238 valence electrons. The van der Waals surface area contributed by atoms with Crippen molar-refractivity contribution in [3.8, 4) is 16.9 Å². The Morgan fingerprint density at radius 3 is 2.16 bits per heavy atom. The zero-order chi connectivity index (χ0) is 31.8. The molecular formula is C34H42N6O5. The molecule has 1 N–H and O–H groups in total. The molecule has 4 heterocycles. The lowest BCUT2D eigenvalue weighted by atomic mass is 9.77. The standard InChI is InChI=1S/C34H42N6O5/c1-33(2,3)45-32(43)39-19-17-37(18-20-39)26-7-5-24(6-8-26)30(41)38-14-11-34(12-15-38)13-16-40(31(34)42)27-9-10-28(29(21-27)44-4)25-22-35-36-23-25/h5-10,21-23H,11-20H2,1-4H3,(H,35,36). The van der Waals surface area contributed by atoms with Crippen molar-refractivity contribution in [3.05, 3.63) is 60.4 Å². The van der Waals surface area contributed by atoms with Crippen molar-refractivity contribution >= 4 is 29.3 Å². The maximum atomic E-state index is 13.8. The molecule has 3 saturated heterocycles. The van der Waals surface area contributed by atoms with E-state index in [1.807, 2.05) is 79.2 Å². The molecule has 3 amide bonds. The number of piperazine rings is 1. The van der Waals surface area contributed by atoms with Crippen LogP contribution in [0.3, 0.4) is 0 Å². The second-order valence-electron chi connectivity index (χ2n) is 13.2. The normalized spacial score (nSPS) is 18.4. The van der Waals surface area contributed by atoms with E-state index in [2.05, 4.69) is 15.1 Å². The van der Waals surface area contributed by atoms with Crippen LogP contribution < -0.4 is 14.5 Å². The van der Waals surface area contributed by atoms with Gasteiger partial charge in [0.1, 0.15) is 11.4 Å². The number of nitrogens with one attached hydrogen (secondary N) is 1. The molecule has 3 fully saturated rings. The number of methoxy groups -OCH3 is 1. The van der Waals surface area contributed by atoms with Crippen molar-refractivity contribution < 1.29 is 23.9 Å². The van der Waals surface area contributed by atoms with Crippen molar-refractivity contribution in [2.24, 2.45) is 5.41 Å². The summed E-state index contributed by atoms with van der Waals surface area (Å²) >= 11 is 0. The molecule has 1 aromatic heterocycles. The first-order valence-electron chi connectivity index (χ1n) is 15.7. The highest BCUT2D eigenvalue weighted by atomic mass is 16.6. The summed E-state index contributed by atoms with van der Waals surface area (Å²) in [5.41, 5.74) is 3.38. The smallest absolute Gasteiger partial charge is 0.410 e. The molecule has 0 aliphatic carbocycles. The molecule has 2 aromatic carbocycles. The lowest BCUT2D eigenvalue weighted by Crippen LogP contribution is -2.50. The maximum Gasteiger partial charge on any atom is 0.410 e. The Labute approximate surface area is 264 Å². The van der Waals surface area contributed by atoms with Crippen LogP contribution in [0, 0.1) is 5.41 Å². The van der Waals surface area contributed by atoms with Crippen LogP contribution in [0.4, 0.5) is 16.2 Å². The van der Waals surface area contributed by atoms with Gasteiger partial charge in [0.2, 0.25) is 5.91 Å². The summed E-state index contributed by atoms with van der Waals surface area (Å²) in [7, 11) is 1.63. The van der Waals surface area contributed by atoms with Gasteiger partial charge in [-0.3, -0.25) is 14.7 Å². The number of piperidine rings is 1. The summed E-state index contributed by atoms with van der Waals surface area (Å²) in [5.74, 6) is 0.814. The van der Waals surface area contributed by atoms with Crippen molar-refractivity contribution in [2.75, 3.05) is 62.7 Å². The summed E-state index contributed by atoms with van der Waals surface area (Å²) in [6.45, 7) is 9.94. The maximum absolute atomic E-state index is 13.8. The number of hydrogen-bond acceptors (Lipinski definition) is 7. The Kier molecular flexibility index (Phi) is 8.20. The first-order chi connectivity index (χ1) is 21.6. The Morgan fingerprint density at radius 1 is 0.867 bits per heavy atom. The average Bonchev–Trinajstić information content (AvgIpc) is 3.69. The molecule has 0 unspecified atom stereocenters. The summed E-state index contributed by atoms with van der Waals surface area (Å²) < 4.78 is 11.1. The third-order valence-corrected chi connectivity index (χ3v) is 9.24. The van der Waals surface area contributed by atoms with E-state index in [1.54, 1.807) is 18.2 Å². The first-order valence-corrected chi connectivity index (χ1v) is 15.7. The molecule has 11 nitrogen and oxygen atoms in total. The van der Waals surface area contributed by atoms with E-state index in [1.165, 1.54) is 0 Å². The van der Waals surface area contributed by atoms with Gasteiger partial charge in [-0.15, -0.1) is 0 Å². The fourth-order valence-electron chi connectivity index (χ4n) is 6.62. The van der Waals surface area contributed by atoms with Gasteiger partial charge in [0, 0.05) is 86.1 Å². The molecule has 3 aliphatic rings. The van der Waals surface area contributed by atoms with Gasteiger partial charge in [0.15, 0.2) is 0 Å². The Hall–Kier alpha value is -4.54. The fourth-order valence-corrected chi connectivity index (χ4v) is 6.62. The molecule has 3 aromatic rings. The molecular weight excluding hydrogens is 572 g/mol. The van der Waals surface area contributed by atoms with Crippen molar-refractivity contribution in [3.63, 3.8) is 0 Å². The van der Waals surface area contributed by atoms with Crippen LogP contribution in [0.15, 0.2) is 54.9 Å². The van der Waals surface area contributed by atoms with Crippen molar-refractivity contribution in [1.82, 2.24) is 20.0 Å². The number of likely N-dealkylation sites (tertiary alicyclic amines) is 1. The summed E-state index contributed by atoms with van der Waals surface area (Å²) in [6.07, 6.45) is 5.35. The van der Waals surface area contributed by atoms with E-state index in [0.717, 1.165) is 28.9 Å². The summed E-state index contributed by atoms with van der Waals surface area (Å²) in [6, 6.07) is 13.6. The molecule has 6 rings (SSSR count). The lowest BCUT2D eigenvalue weighted by Gasteiger charge is -2.38. The number of hydrogen-bond donors (Lipinski definition) is 1. The van der Waals surface area contributed by atoms with Crippen LogP contribution >= 0.6 is 0 Å². The van der Waals surface area contributed by atoms with Crippen LogP contribution in [0.1, 0.15) is 50.4 Å². The molecule has 0 atom stereocenters. The van der Waals surface area contributed by atoms with Gasteiger partial charge in [0.05, 0.1) is 18.7 Å². The van der Waals surface area contributed by atoms with Gasteiger partial charge >= 0.3 is 6.09 Å².